The fraction of sp³-hybridized carbons (Fsp3) is 0.500. The molecule has 0 fully saturated rings. The first-order valence-corrected chi connectivity index (χ1v) is 3.01. The molecule has 1 radical (unpaired) electrons. The maximum atomic E-state index is 4.73. The molecule has 0 bridgehead atoms. The quantitative estimate of drug-likeness (QED) is 0.478. The summed E-state index contributed by atoms with van der Waals surface area (Å²) in [6, 6.07) is 0. The minimum Gasteiger partial charge on any atom is -0.310 e. The van der Waals surface area contributed by atoms with E-state index in [1.54, 1.807) is 11.8 Å². The van der Waals surface area contributed by atoms with Gasteiger partial charge in [0.2, 0.25) is 0 Å². The molecule has 39 valence electrons. The Bertz CT molecular complexity index is 53.7. The molecule has 0 aliphatic carbocycles. The second-order valence-electron chi connectivity index (χ2n) is 0.845. The SMILES string of the molecule is C[CH-]SC(C)=S.[Y]. The molecule has 0 rings (SSSR count). The first kappa shape index (κ1) is 11.4. The van der Waals surface area contributed by atoms with Crippen molar-refractivity contribution in [1.29, 1.82) is 0 Å². The number of hydrogen-bond donors (Lipinski definition) is 0. The van der Waals surface area contributed by atoms with Gasteiger partial charge < -0.3 is 11.8 Å². The minimum absolute atomic E-state index is 0. The Hall–Kier alpha value is 1.54. The second kappa shape index (κ2) is 7.54. The molecule has 0 aromatic heterocycles. The van der Waals surface area contributed by atoms with Crippen LogP contribution in [0.1, 0.15) is 13.8 Å². The van der Waals surface area contributed by atoms with E-state index in [1.807, 2.05) is 19.6 Å². The van der Waals surface area contributed by atoms with Crippen molar-refractivity contribution < 1.29 is 32.7 Å². The molecule has 0 atom stereocenters. The maximum Gasteiger partial charge on any atom is 0.0131 e. The molecule has 0 aliphatic heterocycles. The van der Waals surface area contributed by atoms with Crippen molar-refractivity contribution >= 4 is 28.2 Å². The van der Waals surface area contributed by atoms with Crippen LogP contribution < -0.4 is 0 Å². The van der Waals surface area contributed by atoms with Gasteiger partial charge in [-0.25, -0.2) is 0 Å². The molecule has 0 N–H and O–H groups in total. The van der Waals surface area contributed by atoms with Crippen molar-refractivity contribution in [3.8, 4) is 0 Å². The van der Waals surface area contributed by atoms with Gasteiger partial charge in [0.1, 0.15) is 0 Å². The van der Waals surface area contributed by atoms with Gasteiger partial charge in [0.15, 0.2) is 0 Å². The summed E-state index contributed by atoms with van der Waals surface area (Å²) in [5.74, 6) is 1.97. The molecule has 0 aliphatic rings. The fourth-order valence-corrected chi connectivity index (χ4v) is 0.787. The average molecular weight is 208 g/mol. The van der Waals surface area contributed by atoms with E-state index >= 15 is 0 Å². The van der Waals surface area contributed by atoms with Crippen molar-refractivity contribution in [2.45, 2.75) is 13.8 Å². The third-order valence-electron chi connectivity index (χ3n) is 0.284. The van der Waals surface area contributed by atoms with Gasteiger partial charge in [-0.1, -0.05) is 12.2 Å². The van der Waals surface area contributed by atoms with Crippen LogP contribution in [0.4, 0.5) is 0 Å². The summed E-state index contributed by atoms with van der Waals surface area (Å²) in [7, 11) is 0. The predicted octanol–water partition coefficient (Wildman–Crippen LogP) is 2.25. The van der Waals surface area contributed by atoms with Gasteiger partial charge >= 0.3 is 0 Å². The third kappa shape index (κ3) is 11.2. The Kier molecular flexibility index (Phi) is 12.2. The first-order valence-electron chi connectivity index (χ1n) is 1.72. The van der Waals surface area contributed by atoms with Gasteiger partial charge in [0.05, 0.1) is 0 Å². The molecular weight excluding hydrogens is 201 g/mol. The van der Waals surface area contributed by atoms with E-state index in [0.29, 0.717) is 0 Å². The largest absolute Gasteiger partial charge is 0.310 e. The Morgan fingerprint density at radius 1 is 1.71 bits per heavy atom. The molecule has 0 aromatic carbocycles. The zero-order valence-electron chi connectivity index (χ0n) is 4.47. The van der Waals surface area contributed by atoms with Crippen LogP contribution in [0, 0.1) is 5.75 Å². The first-order chi connectivity index (χ1) is 2.77. The molecular formula is C4H7S2Y-. The molecule has 0 heterocycles. The average Bonchev–Trinajstić information content (AvgIpc) is 1.35. The summed E-state index contributed by atoms with van der Waals surface area (Å²) in [5.41, 5.74) is 0. The van der Waals surface area contributed by atoms with E-state index in [-0.39, 0.29) is 32.7 Å². The Labute approximate surface area is 79.7 Å². The van der Waals surface area contributed by atoms with Crippen LogP contribution in [-0.4, -0.2) is 4.20 Å². The fourth-order valence-electron chi connectivity index (χ4n) is 0.166. The summed E-state index contributed by atoms with van der Waals surface area (Å²) in [5, 5.41) is 0. The summed E-state index contributed by atoms with van der Waals surface area (Å²) in [6.45, 7) is 3.89. The molecule has 0 aromatic rings. The molecule has 3 heteroatoms. The Morgan fingerprint density at radius 3 is 2.14 bits per heavy atom. The van der Waals surface area contributed by atoms with Crippen LogP contribution in [0.2, 0.25) is 0 Å². The summed E-state index contributed by atoms with van der Waals surface area (Å²) < 4.78 is 0.984. The second-order valence-corrected chi connectivity index (χ2v) is 3.04. The molecule has 0 saturated carbocycles. The van der Waals surface area contributed by atoms with E-state index < -0.39 is 0 Å². The van der Waals surface area contributed by atoms with Gasteiger partial charge in [-0.15, -0.1) is 0 Å². The molecule has 0 amide bonds. The maximum absolute atomic E-state index is 4.73. The van der Waals surface area contributed by atoms with Crippen molar-refractivity contribution in [1.82, 2.24) is 0 Å². The monoisotopic (exact) mass is 208 g/mol. The van der Waals surface area contributed by atoms with Gasteiger partial charge in [-0.05, 0) is 6.92 Å². The number of thiocarbonyl (C=S) groups is 1. The van der Waals surface area contributed by atoms with Crippen LogP contribution in [-0.2, 0) is 32.7 Å². The van der Waals surface area contributed by atoms with E-state index in [4.69, 9.17) is 12.2 Å². The zero-order chi connectivity index (χ0) is 4.99. The van der Waals surface area contributed by atoms with Crippen LogP contribution in [0.5, 0.6) is 0 Å². The standard InChI is InChI=1S/C4H7S2.Y/c1-3-6-4(2)5;/h3H,1-2H3;/q-1;. The number of hydrogen-bond acceptors (Lipinski definition) is 2. The van der Waals surface area contributed by atoms with Crippen LogP contribution >= 0.6 is 24.0 Å². The number of thioether (sulfide) groups is 1. The van der Waals surface area contributed by atoms with Gasteiger partial charge in [-0.2, -0.15) is 6.92 Å². The zero-order valence-corrected chi connectivity index (χ0v) is 8.94. The van der Waals surface area contributed by atoms with Gasteiger partial charge in [-0.3, -0.25) is 5.75 Å². The Morgan fingerprint density at radius 2 is 2.14 bits per heavy atom. The van der Waals surface area contributed by atoms with E-state index in [1.165, 1.54) is 0 Å². The van der Waals surface area contributed by atoms with E-state index in [9.17, 15) is 0 Å². The van der Waals surface area contributed by atoms with Crippen LogP contribution in [0.15, 0.2) is 0 Å². The number of rotatable bonds is 1. The molecule has 0 spiro atoms. The smallest absolute Gasteiger partial charge is 0.0131 e. The molecule has 0 nitrogen and oxygen atoms in total. The van der Waals surface area contributed by atoms with Crippen molar-refractivity contribution in [2.24, 2.45) is 0 Å². The van der Waals surface area contributed by atoms with E-state index in [0.717, 1.165) is 4.20 Å². The van der Waals surface area contributed by atoms with Crippen molar-refractivity contribution in [3.05, 3.63) is 5.75 Å². The van der Waals surface area contributed by atoms with Crippen LogP contribution in [0.3, 0.4) is 0 Å². The van der Waals surface area contributed by atoms with Gasteiger partial charge in [0.25, 0.3) is 0 Å². The molecule has 0 saturated heterocycles. The summed E-state index contributed by atoms with van der Waals surface area (Å²) in [4.78, 5) is 0. The van der Waals surface area contributed by atoms with Crippen molar-refractivity contribution in [2.75, 3.05) is 0 Å². The summed E-state index contributed by atoms with van der Waals surface area (Å²) >= 11 is 6.32. The van der Waals surface area contributed by atoms with E-state index in [2.05, 4.69) is 0 Å². The third-order valence-corrected chi connectivity index (χ3v) is 1.14. The molecule has 0 unspecified atom stereocenters. The Balaban J connectivity index is 0. The topological polar surface area (TPSA) is 0 Å². The van der Waals surface area contributed by atoms with Crippen LogP contribution in [0.25, 0.3) is 0 Å². The minimum atomic E-state index is 0. The summed E-state index contributed by atoms with van der Waals surface area (Å²) in [6.07, 6.45) is 0. The van der Waals surface area contributed by atoms with Gasteiger partial charge in [0, 0.05) is 36.9 Å². The normalized spacial score (nSPS) is 7.14. The predicted molar refractivity (Wildman–Crippen MR) is 35.8 cm³/mol. The molecule has 7 heavy (non-hydrogen) atoms. The van der Waals surface area contributed by atoms with Crippen molar-refractivity contribution in [3.63, 3.8) is 0 Å².